The Kier molecular flexibility index (Phi) is 5.75. The molecule has 0 heterocycles. The molecule has 2 aromatic rings. The number of hydrogen-bond donors (Lipinski definition) is 2. The highest BCUT2D eigenvalue weighted by Gasteiger charge is 2.06. The third-order valence-corrected chi connectivity index (χ3v) is 3.45. The topological polar surface area (TPSA) is 59.6 Å². The number of amides is 2. The molecule has 0 spiro atoms. The maximum atomic E-state index is 11.7. The number of halogens is 2. The van der Waals surface area contributed by atoms with Gasteiger partial charge in [-0.05, 0) is 30.3 Å². The molecule has 0 bridgehead atoms. The second-order valence-electron chi connectivity index (χ2n) is 4.20. The molecule has 2 aromatic carbocycles. The summed E-state index contributed by atoms with van der Waals surface area (Å²) < 4.78 is 10.6. The number of rotatable bonds is 5. The Morgan fingerprint density at radius 3 is 2.50 bits per heavy atom. The van der Waals surface area contributed by atoms with Crippen LogP contribution in [0.3, 0.4) is 0 Å². The van der Waals surface area contributed by atoms with Crippen LogP contribution in [-0.4, -0.2) is 19.9 Å². The Hall–Kier alpha value is -2.11. The lowest BCUT2D eigenvalue weighted by Crippen LogP contribution is -2.32. The van der Waals surface area contributed by atoms with E-state index in [1.807, 2.05) is 12.1 Å². The summed E-state index contributed by atoms with van der Waals surface area (Å²) in [7, 11) is 1.55. The van der Waals surface area contributed by atoms with Crippen LogP contribution in [0.25, 0.3) is 0 Å². The van der Waals surface area contributed by atoms with Crippen LogP contribution in [0.1, 0.15) is 0 Å². The molecule has 0 saturated heterocycles. The lowest BCUT2D eigenvalue weighted by atomic mass is 10.3. The molecule has 0 radical (unpaired) electrons. The molecule has 0 aromatic heterocycles. The Bertz CT molecular complexity index is 665. The van der Waals surface area contributed by atoms with Gasteiger partial charge in [-0.1, -0.05) is 35.3 Å². The number of ether oxygens (including phenoxy) is 2. The number of methoxy groups -OCH3 is 1. The van der Waals surface area contributed by atoms with Crippen molar-refractivity contribution in [1.29, 1.82) is 0 Å². The molecular weight excluding hydrogens is 327 g/mol. The van der Waals surface area contributed by atoms with Crippen molar-refractivity contribution >= 4 is 34.9 Å². The highest BCUT2D eigenvalue weighted by Crippen LogP contribution is 2.26. The van der Waals surface area contributed by atoms with Gasteiger partial charge >= 0.3 is 6.03 Å². The zero-order valence-electron chi connectivity index (χ0n) is 11.7. The number of carbonyl (C=O) groups is 1. The smallest absolute Gasteiger partial charge is 0.321 e. The zero-order valence-corrected chi connectivity index (χ0v) is 13.2. The summed E-state index contributed by atoms with van der Waals surface area (Å²) in [5.74, 6) is 1.13. The minimum absolute atomic E-state index is 0.00642. The first-order valence-electron chi connectivity index (χ1n) is 6.36. The number of hydrogen-bond acceptors (Lipinski definition) is 3. The molecule has 5 nitrogen and oxygen atoms in total. The van der Waals surface area contributed by atoms with Gasteiger partial charge in [0.05, 0.1) is 17.2 Å². The zero-order chi connectivity index (χ0) is 15.9. The summed E-state index contributed by atoms with van der Waals surface area (Å²) in [4.78, 5) is 11.7. The summed E-state index contributed by atoms with van der Waals surface area (Å²) in [5.41, 5.74) is 0.532. The van der Waals surface area contributed by atoms with Crippen LogP contribution in [0.4, 0.5) is 10.5 Å². The van der Waals surface area contributed by atoms with Crippen LogP contribution in [0.15, 0.2) is 42.5 Å². The first-order valence-corrected chi connectivity index (χ1v) is 7.11. The predicted molar refractivity (Wildman–Crippen MR) is 87.1 cm³/mol. The fraction of sp³-hybridized carbons (Fsp3) is 0.133. The van der Waals surface area contributed by atoms with Gasteiger partial charge in [-0.3, -0.25) is 0 Å². The standard InChI is InChI=1S/C15H14Cl2N2O3/c1-21-13-4-2-3-5-14(13)22-9-18-15(20)19-10-6-7-11(16)12(17)8-10/h2-8H,9H2,1H3,(H2,18,19,20). The Morgan fingerprint density at radius 2 is 1.82 bits per heavy atom. The summed E-state index contributed by atoms with van der Waals surface area (Å²) in [6.45, 7) is -0.00642. The lowest BCUT2D eigenvalue weighted by Gasteiger charge is -2.12. The average molecular weight is 341 g/mol. The predicted octanol–water partition coefficient (Wildman–Crippen LogP) is 4.16. The quantitative estimate of drug-likeness (QED) is 0.803. The van der Waals surface area contributed by atoms with E-state index in [2.05, 4.69) is 10.6 Å². The number of nitrogens with one attached hydrogen (secondary N) is 2. The van der Waals surface area contributed by atoms with Crippen LogP contribution in [0, 0.1) is 0 Å². The molecule has 2 N–H and O–H groups in total. The molecule has 0 aliphatic rings. The summed E-state index contributed by atoms with van der Waals surface area (Å²) in [6, 6.07) is 11.5. The molecule has 2 amide bonds. The number of carbonyl (C=O) groups excluding carboxylic acids is 1. The largest absolute Gasteiger partial charge is 0.493 e. The van der Waals surface area contributed by atoms with Crippen LogP contribution in [0.5, 0.6) is 11.5 Å². The van der Waals surface area contributed by atoms with Crippen molar-refractivity contribution in [2.24, 2.45) is 0 Å². The minimum atomic E-state index is -0.423. The number of urea groups is 1. The maximum Gasteiger partial charge on any atom is 0.321 e. The number of para-hydroxylation sites is 2. The van der Waals surface area contributed by atoms with Crippen molar-refractivity contribution in [2.75, 3.05) is 19.2 Å². The van der Waals surface area contributed by atoms with E-state index in [0.717, 1.165) is 0 Å². The van der Waals surface area contributed by atoms with Crippen molar-refractivity contribution in [3.63, 3.8) is 0 Å². The van der Waals surface area contributed by atoms with E-state index in [4.69, 9.17) is 32.7 Å². The average Bonchev–Trinajstić information content (AvgIpc) is 2.51. The van der Waals surface area contributed by atoms with Crippen molar-refractivity contribution in [1.82, 2.24) is 5.32 Å². The molecule has 0 aliphatic carbocycles. The lowest BCUT2D eigenvalue weighted by molar-refractivity contribution is 0.231. The molecular formula is C15H14Cl2N2O3. The molecule has 22 heavy (non-hydrogen) atoms. The van der Waals surface area contributed by atoms with Gasteiger partial charge in [0, 0.05) is 5.69 Å². The van der Waals surface area contributed by atoms with Crippen molar-refractivity contribution < 1.29 is 14.3 Å². The molecule has 0 saturated carbocycles. The van der Waals surface area contributed by atoms with Crippen molar-refractivity contribution in [3.05, 3.63) is 52.5 Å². The molecule has 0 fully saturated rings. The second-order valence-corrected chi connectivity index (χ2v) is 5.01. The highest BCUT2D eigenvalue weighted by molar-refractivity contribution is 6.42. The molecule has 2 rings (SSSR count). The van der Waals surface area contributed by atoms with Gasteiger partial charge in [0.1, 0.15) is 0 Å². The van der Waals surface area contributed by atoms with E-state index in [-0.39, 0.29) is 6.73 Å². The Balaban J connectivity index is 1.84. The number of anilines is 1. The van der Waals surface area contributed by atoms with Crippen LogP contribution in [-0.2, 0) is 0 Å². The Morgan fingerprint density at radius 1 is 1.09 bits per heavy atom. The maximum absolute atomic E-state index is 11.7. The third kappa shape index (κ3) is 4.44. The van der Waals surface area contributed by atoms with Gasteiger partial charge in [0.15, 0.2) is 18.2 Å². The summed E-state index contributed by atoms with van der Waals surface area (Å²) >= 11 is 11.7. The fourth-order valence-electron chi connectivity index (χ4n) is 1.67. The van der Waals surface area contributed by atoms with Crippen LogP contribution < -0.4 is 20.1 Å². The summed E-state index contributed by atoms with van der Waals surface area (Å²) in [6.07, 6.45) is 0. The van der Waals surface area contributed by atoms with Crippen LogP contribution >= 0.6 is 23.2 Å². The Labute approximate surface area is 138 Å². The second kappa shape index (κ2) is 7.77. The van der Waals surface area contributed by atoms with E-state index in [9.17, 15) is 4.79 Å². The summed E-state index contributed by atoms with van der Waals surface area (Å²) in [5, 5.41) is 5.97. The first-order chi connectivity index (χ1) is 10.6. The normalized spacial score (nSPS) is 9.95. The first kappa shape index (κ1) is 16.3. The van der Waals surface area contributed by atoms with E-state index < -0.39 is 6.03 Å². The molecule has 116 valence electrons. The fourth-order valence-corrected chi connectivity index (χ4v) is 1.96. The van der Waals surface area contributed by atoms with E-state index >= 15 is 0 Å². The van der Waals surface area contributed by atoms with Gasteiger partial charge in [-0.2, -0.15) is 0 Å². The highest BCUT2D eigenvalue weighted by atomic mass is 35.5. The van der Waals surface area contributed by atoms with Gasteiger partial charge in [0.25, 0.3) is 0 Å². The van der Waals surface area contributed by atoms with E-state index in [1.54, 1.807) is 37.4 Å². The van der Waals surface area contributed by atoms with Gasteiger partial charge in [-0.25, -0.2) is 4.79 Å². The number of benzene rings is 2. The molecule has 0 unspecified atom stereocenters. The molecule has 0 aliphatic heterocycles. The molecule has 0 atom stereocenters. The molecule has 7 heteroatoms. The van der Waals surface area contributed by atoms with Gasteiger partial charge in [0.2, 0.25) is 0 Å². The third-order valence-electron chi connectivity index (χ3n) is 2.71. The monoisotopic (exact) mass is 340 g/mol. The SMILES string of the molecule is COc1ccccc1OCNC(=O)Nc1ccc(Cl)c(Cl)c1. The van der Waals surface area contributed by atoms with E-state index in [1.165, 1.54) is 0 Å². The van der Waals surface area contributed by atoms with Crippen molar-refractivity contribution in [3.8, 4) is 11.5 Å². The van der Waals surface area contributed by atoms with Gasteiger partial charge in [-0.15, -0.1) is 0 Å². The minimum Gasteiger partial charge on any atom is -0.493 e. The van der Waals surface area contributed by atoms with Crippen LogP contribution in [0.2, 0.25) is 10.0 Å². The van der Waals surface area contributed by atoms with Crippen molar-refractivity contribution in [2.45, 2.75) is 0 Å². The van der Waals surface area contributed by atoms with E-state index in [0.29, 0.717) is 27.2 Å². The van der Waals surface area contributed by atoms with Gasteiger partial charge < -0.3 is 20.1 Å².